The molecule has 6 rings (SSSR count). The predicted molar refractivity (Wildman–Crippen MR) is 172 cm³/mol. The third-order valence-corrected chi connectivity index (χ3v) is 9.37. The van der Waals surface area contributed by atoms with Crippen LogP contribution in [-0.4, -0.2) is 76.4 Å². The van der Waals surface area contributed by atoms with Crippen LogP contribution >= 0.6 is 0 Å². The second-order valence-corrected chi connectivity index (χ2v) is 13.5. The van der Waals surface area contributed by atoms with Gasteiger partial charge in [0, 0.05) is 47.2 Å². The van der Waals surface area contributed by atoms with Gasteiger partial charge in [-0.05, 0) is 95.0 Å². The Balaban J connectivity index is 1.23. The van der Waals surface area contributed by atoms with Gasteiger partial charge in [0.05, 0.1) is 17.4 Å². The zero-order valence-electron chi connectivity index (χ0n) is 26.2. The highest BCUT2D eigenvalue weighted by Gasteiger charge is 2.37. The van der Waals surface area contributed by atoms with Gasteiger partial charge in [0.25, 0.3) is 5.91 Å². The lowest BCUT2D eigenvalue weighted by Gasteiger charge is -2.40. The summed E-state index contributed by atoms with van der Waals surface area (Å²) in [4.78, 5) is 38.0. The summed E-state index contributed by atoms with van der Waals surface area (Å²) in [6, 6.07) is 16.9. The first-order valence-corrected chi connectivity index (χ1v) is 16.1. The van der Waals surface area contributed by atoms with Crippen LogP contribution in [0, 0.1) is 0 Å². The third-order valence-electron chi connectivity index (χ3n) is 9.37. The Labute approximate surface area is 255 Å². The fourth-order valence-corrected chi connectivity index (χ4v) is 7.33. The lowest BCUT2D eigenvalue weighted by atomic mass is 9.81. The molecule has 0 spiro atoms. The number of esters is 1. The van der Waals surface area contributed by atoms with Crippen molar-refractivity contribution in [2.45, 2.75) is 83.9 Å². The summed E-state index contributed by atoms with van der Waals surface area (Å²) in [7, 11) is 0. The van der Waals surface area contributed by atoms with Crippen LogP contribution in [0.5, 0.6) is 0 Å². The highest BCUT2D eigenvalue weighted by atomic mass is 16.5. The minimum atomic E-state index is -0.431. The maximum absolute atomic E-state index is 14.1. The molecular formula is C36H46N4O3. The van der Waals surface area contributed by atoms with Gasteiger partial charge in [-0.3, -0.25) is 9.69 Å². The van der Waals surface area contributed by atoms with Gasteiger partial charge >= 0.3 is 5.97 Å². The Morgan fingerprint density at radius 1 is 0.977 bits per heavy atom. The second-order valence-electron chi connectivity index (χ2n) is 13.5. The lowest BCUT2D eigenvalue weighted by molar-refractivity contribution is -0.140. The number of para-hydroxylation sites is 1. The molecule has 228 valence electrons. The van der Waals surface area contributed by atoms with Gasteiger partial charge < -0.3 is 19.5 Å². The molecule has 3 aliphatic rings. The molecule has 0 saturated carbocycles. The summed E-state index contributed by atoms with van der Waals surface area (Å²) in [6.45, 7) is 14.0. The summed E-state index contributed by atoms with van der Waals surface area (Å²) in [6.07, 6.45) is 7.92. The van der Waals surface area contributed by atoms with E-state index in [0.29, 0.717) is 17.7 Å². The molecule has 1 N–H and O–H groups in total. The molecular weight excluding hydrogens is 536 g/mol. The highest BCUT2D eigenvalue weighted by Crippen LogP contribution is 2.40. The Morgan fingerprint density at radius 3 is 2.47 bits per heavy atom. The Hall–Kier alpha value is -3.42. The van der Waals surface area contributed by atoms with E-state index in [0.717, 1.165) is 53.4 Å². The molecule has 43 heavy (non-hydrogen) atoms. The largest absolute Gasteiger partial charge is 0.459 e. The Bertz CT molecular complexity index is 1510. The van der Waals surface area contributed by atoms with Crippen LogP contribution in [0.2, 0.25) is 0 Å². The van der Waals surface area contributed by atoms with E-state index in [1.54, 1.807) is 11.1 Å². The van der Waals surface area contributed by atoms with Crippen molar-refractivity contribution in [2.24, 2.45) is 0 Å². The number of amides is 1. The van der Waals surface area contributed by atoms with Crippen LogP contribution in [-0.2, 0) is 21.5 Å². The van der Waals surface area contributed by atoms with Gasteiger partial charge in [0.1, 0.15) is 0 Å². The zero-order valence-corrected chi connectivity index (χ0v) is 26.2. The molecule has 7 heteroatoms. The number of aromatic nitrogens is 1. The fourth-order valence-electron chi connectivity index (χ4n) is 7.33. The molecule has 2 fully saturated rings. The summed E-state index contributed by atoms with van der Waals surface area (Å²) < 4.78 is 5.68. The first kappa shape index (κ1) is 29.6. The number of H-pyrrole nitrogens is 1. The summed E-state index contributed by atoms with van der Waals surface area (Å²) in [5.41, 5.74) is 4.48. The van der Waals surface area contributed by atoms with Gasteiger partial charge in [0.2, 0.25) is 0 Å². The standard InChI is InChI=1S/C36H46N4O3/c1-25(2)43-35(42)30-23-40(24-36(3,4)32-29-13-6-7-14-31(29)37-33(30)32)34(41)27-12-10-11-26(21-27)22-38-19-15-28(16-20-38)39-17-8-5-9-18-39/h6-7,10-14,21,23,25,28,37H,5,8-9,15-20,22,24H2,1-4H3. The van der Waals surface area contributed by atoms with Crippen molar-refractivity contribution in [2.75, 3.05) is 32.7 Å². The number of carbonyl (C=O) groups is 2. The number of ether oxygens (including phenoxy) is 1. The van der Waals surface area contributed by atoms with Crippen LogP contribution in [0.4, 0.5) is 0 Å². The smallest absolute Gasteiger partial charge is 0.342 e. The molecule has 2 saturated heterocycles. The third kappa shape index (κ3) is 6.29. The van der Waals surface area contributed by atoms with Crippen LogP contribution in [0.25, 0.3) is 16.5 Å². The number of hydrogen-bond acceptors (Lipinski definition) is 5. The molecule has 0 bridgehead atoms. The van der Waals surface area contributed by atoms with E-state index >= 15 is 0 Å². The number of likely N-dealkylation sites (tertiary alicyclic amines) is 2. The molecule has 0 radical (unpaired) electrons. The lowest BCUT2D eigenvalue weighted by Crippen LogP contribution is -2.46. The molecule has 0 unspecified atom stereocenters. The minimum absolute atomic E-state index is 0.108. The maximum Gasteiger partial charge on any atom is 0.342 e. The van der Waals surface area contributed by atoms with Gasteiger partial charge in [-0.2, -0.15) is 0 Å². The van der Waals surface area contributed by atoms with E-state index in [1.807, 2.05) is 50.2 Å². The summed E-state index contributed by atoms with van der Waals surface area (Å²) >= 11 is 0. The van der Waals surface area contributed by atoms with Gasteiger partial charge in [-0.1, -0.05) is 50.6 Å². The number of aromatic amines is 1. The van der Waals surface area contributed by atoms with Gasteiger partial charge in [-0.25, -0.2) is 4.79 Å². The van der Waals surface area contributed by atoms with E-state index in [-0.39, 0.29) is 12.0 Å². The number of nitrogens with one attached hydrogen (secondary N) is 1. The first-order chi connectivity index (χ1) is 20.7. The van der Waals surface area contributed by atoms with E-state index in [2.05, 4.69) is 40.8 Å². The van der Waals surface area contributed by atoms with E-state index in [4.69, 9.17) is 4.74 Å². The topological polar surface area (TPSA) is 68.9 Å². The van der Waals surface area contributed by atoms with Gasteiger partial charge in [-0.15, -0.1) is 0 Å². The van der Waals surface area contributed by atoms with E-state index < -0.39 is 11.4 Å². The van der Waals surface area contributed by atoms with Crippen LogP contribution in [0.15, 0.2) is 54.7 Å². The van der Waals surface area contributed by atoms with Crippen LogP contribution < -0.4 is 0 Å². The predicted octanol–water partition coefficient (Wildman–Crippen LogP) is 6.34. The van der Waals surface area contributed by atoms with Crippen molar-refractivity contribution >= 4 is 28.4 Å². The van der Waals surface area contributed by atoms with Gasteiger partial charge in [0.15, 0.2) is 0 Å². The highest BCUT2D eigenvalue weighted by molar-refractivity contribution is 6.18. The van der Waals surface area contributed by atoms with E-state index in [1.165, 1.54) is 45.2 Å². The number of piperidine rings is 2. The number of benzene rings is 2. The minimum Gasteiger partial charge on any atom is -0.459 e. The average molecular weight is 583 g/mol. The van der Waals surface area contributed by atoms with E-state index in [9.17, 15) is 9.59 Å². The zero-order chi connectivity index (χ0) is 30.1. The molecule has 1 amide bonds. The average Bonchev–Trinajstić information content (AvgIpc) is 3.34. The maximum atomic E-state index is 14.1. The Morgan fingerprint density at radius 2 is 1.72 bits per heavy atom. The number of rotatable bonds is 6. The summed E-state index contributed by atoms with van der Waals surface area (Å²) in [5, 5.41) is 1.06. The van der Waals surface area contributed by atoms with Crippen molar-refractivity contribution < 1.29 is 14.3 Å². The fraction of sp³-hybridized carbons (Fsp3) is 0.500. The molecule has 4 heterocycles. The molecule has 3 aromatic rings. The van der Waals surface area contributed by atoms with Crippen molar-refractivity contribution in [3.05, 3.63) is 77.1 Å². The van der Waals surface area contributed by atoms with Crippen LogP contribution in [0.3, 0.4) is 0 Å². The molecule has 1 aromatic heterocycles. The monoisotopic (exact) mass is 582 g/mol. The normalized spacial score (nSPS) is 20.1. The SMILES string of the molecule is CC(C)OC(=O)C1=CN(C(=O)c2cccc(CN3CCC(N4CCCCC4)CC3)c2)CC(C)(C)c2c1[nH]c1ccccc21. The van der Waals surface area contributed by atoms with Crippen molar-refractivity contribution in [1.82, 2.24) is 19.7 Å². The number of fused-ring (bicyclic) bond motifs is 3. The first-order valence-electron chi connectivity index (χ1n) is 16.1. The van der Waals surface area contributed by atoms with Crippen molar-refractivity contribution in [3.8, 4) is 0 Å². The molecule has 2 aromatic carbocycles. The van der Waals surface area contributed by atoms with Crippen molar-refractivity contribution in [1.29, 1.82) is 0 Å². The van der Waals surface area contributed by atoms with Crippen molar-refractivity contribution in [3.63, 3.8) is 0 Å². The number of carbonyl (C=O) groups excluding carboxylic acids is 2. The quantitative estimate of drug-likeness (QED) is 0.344. The molecule has 0 aliphatic carbocycles. The molecule has 3 aliphatic heterocycles. The molecule has 7 nitrogen and oxygen atoms in total. The molecule has 0 atom stereocenters. The second kappa shape index (κ2) is 12.3. The number of hydrogen-bond donors (Lipinski definition) is 1. The van der Waals surface area contributed by atoms with Crippen LogP contribution in [0.1, 0.15) is 87.0 Å². The number of nitrogens with zero attached hydrogens (tertiary/aromatic N) is 3. The Kier molecular flexibility index (Phi) is 8.47. The summed E-state index contributed by atoms with van der Waals surface area (Å²) in [5.74, 6) is -0.539.